The lowest BCUT2D eigenvalue weighted by Crippen LogP contribution is -2.49. The average molecular weight is 242 g/mol. The second-order valence-electron chi connectivity index (χ2n) is 4.92. The van der Waals surface area contributed by atoms with Gasteiger partial charge in [-0.3, -0.25) is 4.79 Å². The molecule has 1 fully saturated rings. The van der Waals surface area contributed by atoms with Gasteiger partial charge in [0.2, 0.25) is 5.91 Å². The van der Waals surface area contributed by atoms with E-state index in [-0.39, 0.29) is 24.0 Å². The van der Waals surface area contributed by atoms with Crippen molar-refractivity contribution in [2.24, 2.45) is 11.7 Å². The largest absolute Gasteiger partial charge is 0.376 e. The Labute approximate surface area is 104 Å². The standard InChI is InChI=1S/C13H26N2O2/c1-4-10(3)12(14)13(16)15(5-2)9-11-7-6-8-17-11/h10-12H,4-9,14H2,1-3H3/t10-,11?,12-/m0/s1. The van der Waals surface area contributed by atoms with E-state index < -0.39 is 0 Å². The minimum absolute atomic E-state index is 0.0670. The lowest BCUT2D eigenvalue weighted by Gasteiger charge is -2.28. The SMILES string of the molecule is CC[C@H](C)[C@H](N)C(=O)N(CC)CC1CCCO1. The molecular formula is C13H26N2O2. The summed E-state index contributed by atoms with van der Waals surface area (Å²) in [6.45, 7) is 8.32. The topological polar surface area (TPSA) is 55.6 Å². The van der Waals surface area contributed by atoms with Crippen LogP contribution in [-0.2, 0) is 9.53 Å². The van der Waals surface area contributed by atoms with Gasteiger partial charge >= 0.3 is 0 Å². The van der Waals surface area contributed by atoms with Crippen molar-refractivity contribution in [1.29, 1.82) is 0 Å². The molecule has 17 heavy (non-hydrogen) atoms. The molecule has 0 saturated carbocycles. The van der Waals surface area contributed by atoms with Gasteiger partial charge in [-0.05, 0) is 25.7 Å². The van der Waals surface area contributed by atoms with E-state index in [2.05, 4.69) is 6.92 Å². The van der Waals surface area contributed by atoms with Crippen molar-refractivity contribution in [3.8, 4) is 0 Å². The highest BCUT2D eigenvalue weighted by Gasteiger charge is 2.27. The molecule has 0 bridgehead atoms. The number of likely N-dealkylation sites (N-methyl/N-ethyl adjacent to an activating group) is 1. The van der Waals surface area contributed by atoms with Crippen LogP contribution in [0.2, 0.25) is 0 Å². The molecule has 1 unspecified atom stereocenters. The molecule has 0 aliphatic carbocycles. The number of rotatable bonds is 6. The number of ether oxygens (including phenoxy) is 1. The summed E-state index contributed by atoms with van der Waals surface area (Å²) in [5, 5.41) is 0. The van der Waals surface area contributed by atoms with Crippen molar-refractivity contribution in [1.82, 2.24) is 4.90 Å². The average Bonchev–Trinajstić information content (AvgIpc) is 2.85. The summed E-state index contributed by atoms with van der Waals surface area (Å²) in [4.78, 5) is 14.0. The molecule has 1 heterocycles. The summed E-state index contributed by atoms with van der Waals surface area (Å²) >= 11 is 0. The molecule has 1 rings (SSSR count). The summed E-state index contributed by atoms with van der Waals surface area (Å²) in [6.07, 6.45) is 3.31. The maximum Gasteiger partial charge on any atom is 0.239 e. The Morgan fingerprint density at radius 3 is 2.71 bits per heavy atom. The number of amides is 1. The van der Waals surface area contributed by atoms with Crippen LogP contribution < -0.4 is 5.73 Å². The number of carbonyl (C=O) groups is 1. The van der Waals surface area contributed by atoms with Gasteiger partial charge in [-0.15, -0.1) is 0 Å². The van der Waals surface area contributed by atoms with Gasteiger partial charge in [0.05, 0.1) is 12.1 Å². The first kappa shape index (κ1) is 14.5. The molecule has 0 aromatic rings. The van der Waals surface area contributed by atoms with Crippen molar-refractivity contribution in [2.45, 2.75) is 52.2 Å². The molecule has 3 atom stereocenters. The van der Waals surface area contributed by atoms with Crippen LogP contribution in [0, 0.1) is 5.92 Å². The molecule has 100 valence electrons. The van der Waals surface area contributed by atoms with Crippen molar-refractivity contribution in [3.05, 3.63) is 0 Å². The van der Waals surface area contributed by atoms with Crippen LogP contribution >= 0.6 is 0 Å². The summed E-state index contributed by atoms with van der Waals surface area (Å²) in [6, 6.07) is -0.374. The Morgan fingerprint density at radius 1 is 1.53 bits per heavy atom. The fourth-order valence-corrected chi connectivity index (χ4v) is 2.12. The van der Waals surface area contributed by atoms with Crippen LogP contribution in [0.15, 0.2) is 0 Å². The fourth-order valence-electron chi connectivity index (χ4n) is 2.12. The number of carbonyl (C=O) groups excluding carboxylic acids is 1. The smallest absolute Gasteiger partial charge is 0.239 e. The summed E-state index contributed by atoms with van der Waals surface area (Å²) < 4.78 is 5.57. The molecule has 0 aromatic carbocycles. The van der Waals surface area contributed by atoms with Gasteiger partial charge in [-0.1, -0.05) is 20.3 Å². The predicted molar refractivity (Wildman–Crippen MR) is 68.7 cm³/mol. The molecule has 4 heteroatoms. The van der Waals surface area contributed by atoms with Gasteiger partial charge in [-0.2, -0.15) is 0 Å². The highest BCUT2D eigenvalue weighted by Crippen LogP contribution is 2.15. The van der Waals surface area contributed by atoms with E-state index in [9.17, 15) is 4.79 Å². The van der Waals surface area contributed by atoms with Crippen LogP contribution in [0.25, 0.3) is 0 Å². The van der Waals surface area contributed by atoms with Gasteiger partial charge < -0.3 is 15.4 Å². The Bertz CT molecular complexity index is 240. The van der Waals surface area contributed by atoms with E-state index in [4.69, 9.17) is 10.5 Å². The third-order valence-corrected chi connectivity index (χ3v) is 3.68. The molecular weight excluding hydrogens is 216 g/mol. The summed E-state index contributed by atoms with van der Waals surface area (Å²) in [5.74, 6) is 0.304. The van der Waals surface area contributed by atoms with Crippen LogP contribution in [0.3, 0.4) is 0 Å². The van der Waals surface area contributed by atoms with Gasteiger partial charge in [0, 0.05) is 19.7 Å². The molecule has 0 radical (unpaired) electrons. The van der Waals surface area contributed by atoms with E-state index in [0.717, 1.165) is 25.9 Å². The van der Waals surface area contributed by atoms with E-state index in [1.54, 1.807) is 0 Å². The fraction of sp³-hybridized carbons (Fsp3) is 0.923. The number of hydrogen-bond acceptors (Lipinski definition) is 3. The lowest BCUT2D eigenvalue weighted by atomic mass is 9.98. The summed E-state index contributed by atoms with van der Waals surface area (Å²) in [5.41, 5.74) is 5.99. The second-order valence-corrected chi connectivity index (χ2v) is 4.92. The van der Waals surface area contributed by atoms with E-state index >= 15 is 0 Å². The first-order chi connectivity index (χ1) is 8.10. The van der Waals surface area contributed by atoms with Crippen LogP contribution in [-0.4, -0.2) is 42.6 Å². The minimum atomic E-state index is -0.374. The zero-order valence-electron chi connectivity index (χ0n) is 11.3. The van der Waals surface area contributed by atoms with E-state index in [1.165, 1.54) is 0 Å². The lowest BCUT2D eigenvalue weighted by molar-refractivity contribution is -0.135. The van der Waals surface area contributed by atoms with Crippen LogP contribution in [0.1, 0.15) is 40.0 Å². The molecule has 0 spiro atoms. The van der Waals surface area contributed by atoms with Gasteiger partial charge in [0.25, 0.3) is 0 Å². The molecule has 2 N–H and O–H groups in total. The first-order valence-electron chi connectivity index (χ1n) is 6.76. The monoisotopic (exact) mass is 242 g/mol. The molecule has 1 amide bonds. The maximum atomic E-state index is 12.2. The van der Waals surface area contributed by atoms with Crippen LogP contribution in [0.5, 0.6) is 0 Å². The Hall–Kier alpha value is -0.610. The summed E-state index contributed by atoms with van der Waals surface area (Å²) in [7, 11) is 0. The molecule has 1 saturated heterocycles. The third kappa shape index (κ3) is 3.96. The molecule has 4 nitrogen and oxygen atoms in total. The number of nitrogens with two attached hydrogens (primary N) is 1. The first-order valence-corrected chi connectivity index (χ1v) is 6.76. The quantitative estimate of drug-likeness (QED) is 0.765. The van der Waals surface area contributed by atoms with Crippen molar-refractivity contribution < 1.29 is 9.53 Å². The molecule has 1 aliphatic heterocycles. The zero-order valence-corrected chi connectivity index (χ0v) is 11.3. The highest BCUT2D eigenvalue weighted by atomic mass is 16.5. The normalized spacial score (nSPS) is 23.4. The van der Waals surface area contributed by atoms with E-state index in [1.807, 2.05) is 18.7 Å². The Morgan fingerprint density at radius 2 is 2.24 bits per heavy atom. The maximum absolute atomic E-state index is 12.2. The highest BCUT2D eigenvalue weighted by molar-refractivity contribution is 5.82. The minimum Gasteiger partial charge on any atom is -0.376 e. The third-order valence-electron chi connectivity index (χ3n) is 3.68. The second kappa shape index (κ2) is 6.97. The van der Waals surface area contributed by atoms with Crippen molar-refractivity contribution in [2.75, 3.05) is 19.7 Å². The molecule has 0 aromatic heterocycles. The molecule has 1 aliphatic rings. The van der Waals surface area contributed by atoms with Gasteiger partial charge in [0.15, 0.2) is 0 Å². The zero-order chi connectivity index (χ0) is 12.8. The van der Waals surface area contributed by atoms with Crippen LogP contribution in [0.4, 0.5) is 0 Å². The van der Waals surface area contributed by atoms with Crippen molar-refractivity contribution >= 4 is 5.91 Å². The van der Waals surface area contributed by atoms with Gasteiger partial charge in [-0.25, -0.2) is 0 Å². The van der Waals surface area contributed by atoms with E-state index in [0.29, 0.717) is 13.1 Å². The Kier molecular flexibility index (Phi) is 5.92. The Balaban J connectivity index is 2.50. The van der Waals surface area contributed by atoms with Gasteiger partial charge in [0.1, 0.15) is 0 Å². The number of hydrogen-bond donors (Lipinski definition) is 1. The number of nitrogens with zero attached hydrogens (tertiary/aromatic N) is 1. The van der Waals surface area contributed by atoms with Crippen molar-refractivity contribution in [3.63, 3.8) is 0 Å². The predicted octanol–water partition coefficient (Wildman–Crippen LogP) is 1.39.